The zero-order chi connectivity index (χ0) is 33.3. The van der Waals surface area contributed by atoms with E-state index in [2.05, 4.69) is 78.7 Å². The number of carbonyl (C=O) groups excluding carboxylic acids is 1. The number of ketones is 1. The monoisotopic (exact) mass is 754 g/mol. The van der Waals surface area contributed by atoms with E-state index in [1.807, 2.05) is 0 Å². The molecule has 3 atom stereocenters. The Morgan fingerprint density at radius 1 is 1.00 bits per heavy atom. The van der Waals surface area contributed by atoms with Gasteiger partial charge in [0.25, 0.3) is 0 Å². The third kappa shape index (κ3) is 5.12. The van der Waals surface area contributed by atoms with Crippen LogP contribution in [0.15, 0.2) is 32.5 Å². The molecule has 0 aromatic carbocycles. The number of aromatic nitrogens is 2. The number of carbonyl (C=O) groups is 1. The van der Waals surface area contributed by atoms with Crippen LogP contribution in [0, 0.1) is 25.7 Å². The second-order valence-corrected chi connectivity index (χ2v) is 21.5. The Morgan fingerprint density at radius 3 is 2.51 bits per heavy atom. The SMILES string of the molecule is CCCCCCOC(C)c1c(C)c2[n]3c1C=C1N=C(C=c4c(C)c5c([n]4[In]3[Cl])=C(CC5=O)C3=NC(=C2)C(C)=C3CCC)[C@H](CC)[C@H]1C. The first kappa shape index (κ1) is 33.2. The predicted molar refractivity (Wildman–Crippen MR) is 197 cm³/mol. The number of fused-ring (bicyclic) bond motifs is 3. The number of Topliss-reactive ketones (excluding diaryl/α,β-unsaturated/α-hetero) is 1. The maximum atomic E-state index is 14.0. The molecule has 7 rings (SSSR count). The van der Waals surface area contributed by atoms with E-state index in [0.29, 0.717) is 12.3 Å². The van der Waals surface area contributed by atoms with Crippen molar-refractivity contribution in [3.8, 4) is 0 Å². The minimum absolute atomic E-state index is 0.103. The summed E-state index contributed by atoms with van der Waals surface area (Å²) in [5.41, 5.74) is 14.3. The van der Waals surface area contributed by atoms with E-state index in [1.54, 1.807) is 0 Å². The van der Waals surface area contributed by atoms with Crippen molar-refractivity contribution in [1.82, 2.24) is 5.11 Å². The molecule has 0 N–H and O–H groups in total. The van der Waals surface area contributed by atoms with Gasteiger partial charge in [-0.05, 0) is 0 Å². The molecule has 1 unspecified atom stereocenters. The topological polar surface area (TPSA) is 60.9 Å². The van der Waals surface area contributed by atoms with Crippen LogP contribution in [-0.4, -0.2) is 49.8 Å². The van der Waals surface area contributed by atoms with Crippen LogP contribution in [0.25, 0.3) is 23.8 Å². The molecule has 0 spiro atoms. The van der Waals surface area contributed by atoms with Crippen LogP contribution in [0.5, 0.6) is 0 Å². The summed E-state index contributed by atoms with van der Waals surface area (Å²) in [6.45, 7) is 18.5. The van der Waals surface area contributed by atoms with Crippen molar-refractivity contribution in [2.45, 2.75) is 113 Å². The fourth-order valence-electron chi connectivity index (χ4n) is 8.74. The van der Waals surface area contributed by atoms with Crippen molar-refractivity contribution in [2.75, 3.05) is 6.61 Å². The molecule has 5 aliphatic rings. The molecule has 0 radical (unpaired) electrons. The molecule has 0 saturated heterocycles. The van der Waals surface area contributed by atoms with Gasteiger partial charge in [-0.25, -0.2) is 0 Å². The van der Waals surface area contributed by atoms with Crippen LogP contribution in [0.3, 0.4) is 0 Å². The van der Waals surface area contributed by atoms with Gasteiger partial charge in [-0.2, -0.15) is 0 Å². The van der Waals surface area contributed by atoms with Crippen LogP contribution in [-0.2, 0) is 4.74 Å². The second kappa shape index (κ2) is 12.8. The van der Waals surface area contributed by atoms with Gasteiger partial charge in [0.05, 0.1) is 0 Å². The van der Waals surface area contributed by atoms with Crippen molar-refractivity contribution in [1.29, 1.82) is 0 Å². The van der Waals surface area contributed by atoms with E-state index in [4.69, 9.17) is 23.3 Å². The molecule has 0 amide bonds. The standard InChI is InChI=1S/C39H49N4O2.ClH.In/c1-9-12-13-14-16-45-25(8)36-23(6)31-18-30-22(5)27(15-10-2)38(42-30)28-17-35(44)37-24(7)32(43-39(28)37)19-33-26(11-3)21(4)29(40-33)20-34(36)41-31;;/h18-21,25-26H,9-17H2,1-8H3,(H-,40,41,42,43,44);1H;/q-1;;+3/p-2/t21-,25?,26-;;/m1../s1. The number of unbranched alkanes of at least 4 members (excludes halogenated alkanes) is 3. The average Bonchev–Trinajstić information content (AvgIpc) is 3.78. The first-order chi connectivity index (χ1) is 22.6. The van der Waals surface area contributed by atoms with Gasteiger partial charge in [-0.15, -0.1) is 0 Å². The number of hydrogen-bond donors (Lipinski definition) is 0. The zero-order valence-electron chi connectivity index (χ0n) is 29.4. The molecule has 2 aromatic heterocycles. The van der Waals surface area contributed by atoms with Crippen LogP contribution in [0.2, 0.25) is 0 Å². The molecule has 6 heterocycles. The van der Waals surface area contributed by atoms with E-state index in [1.165, 1.54) is 41.5 Å². The van der Waals surface area contributed by atoms with Gasteiger partial charge in [0, 0.05) is 0 Å². The number of nitrogens with zero attached hydrogens (tertiary/aromatic N) is 4. The van der Waals surface area contributed by atoms with E-state index in [9.17, 15) is 4.79 Å². The Morgan fingerprint density at radius 2 is 1.79 bits per heavy atom. The predicted octanol–water partition coefficient (Wildman–Crippen LogP) is 8.10. The van der Waals surface area contributed by atoms with E-state index in [-0.39, 0.29) is 17.8 Å². The normalized spacial score (nSPS) is 21.6. The summed E-state index contributed by atoms with van der Waals surface area (Å²) in [6, 6.07) is 0. The molecule has 47 heavy (non-hydrogen) atoms. The summed E-state index contributed by atoms with van der Waals surface area (Å²) in [6.07, 6.45) is 14.8. The van der Waals surface area contributed by atoms with Gasteiger partial charge >= 0.3 is 293 Å². The van der Waals surface area contributed by atoms with Crippen molar-refractivity contribution in [2.24, 2.45) is 21.8 Å². The third-order valence-corrected chi connectivity index (χ3v) is 19.5. The van der Waals surface area contributed by atoms with Crippen molar-refractivity contribution >= 4 is 70.4 Å². The number of hydrogen-bond acceptors (Lipinski definition) is 4. The van der Waals surface area contributed by atoms with Crippen LogP contribution < -0.4 is 10.7 Å². The van der Waals surface area contributed by atoms with E-state index < -0.39 is 20.8 Å². The van der Waals surface area contributed by atoms with Crippen molar-refractivity contribution in [3.05, 3.63) is 66.9 Å². The molecule has 2 aromatic rings. The molecule has 6 nitrogen and oxygen atoms in total. The van der Waals surface area contributed by atoms with E-state index >= 15 is 0 Å². The first-order valence-corrected chi connectivity index (χ1v) is 25.0. The maximum absolute atomic E-state index is 14.0. The molecule has 6 bridgehead atoms. The van der Waals surface area contributed by atoms with Crippen molar-refractivity contribution < 1.29 is 9.53 Å². The van der Waals surface area contributed by atoms with E-state index in [0.717, 1.165) is 93.9 Å². The Hall–Kier alpha value is -2.35. The number of ether oxygens (including phenoxy) is 1. The summed E-state index contributed by atoms with van der Waals surface area (Å²) in [5, 5.41) is 2.09. The number of rotatable bonds is 10. The van der Waals surface area contributed by atoms with Gasteiger partial charge in [-0.3, -0.25) is 0 Å². The fourth-order valence-corrected chi connectivity index (χ4v) is 17.7. The van der Waals surface area contributed by atoms with Gasteiger partial charge in [0.2, 0.25) is 0 Å². The molecule has 1 aliphatic carbocycles. The van der Waals surface area contributed by atoms with Crippen molar-refractivity contribution in [3.63, 3.8) is 0 Å². The van der Waals surface area contributed by atoms with Gasteiger partial charge in [-0.1, -0.05) is 0 Å². The van der Waals surface area contributed by atoms with Gasteiger partial charge < -0.3 is 0 Å². The molecule has 4 aliphatic heterocycles. The second-order valence-electron chi connectivity index (χ2n) is 14.1. The van der Waals surface area contributed by atoms with Crippen LogP contribution in [0.4, 0.5) is 0 Å². The van der Waals surface area contributed by atoms with Crippen LogP contribution in [0.1, 0.15) is 137 Å². The zero-order valence-corrected chi connectivity index (χ0v) is 33.4. The summed E-state index contributed by atoms with van der Waals surface area (Å²) in [4.78, 5) is 24.7. The third-order valence-electron chi connectivity index (χ3n) is 11.3. The average molecular weight is 755 g/mol. The summed E-state index contributed by atoms with van der Waals surface area (Å²) in [5.74, 6) is 0.760. The Labute approximate surface area is 291 Å². The number of aliphatic imine (C=N–C) groups is 2. The van der Waals surface area contributed by atoms with Crippen LogP contribution >= 0.6 is 8.58 Å². The molecular weight excluding hydrogens is 707 g/mol. The molecular formula is C39H48ClInN4O2. The molecule has 8 heteroatoms. The van der Waals surface area contributed by atoms with Gasteiger partial charge in [0.1, 0.15) is 0 Å². The molecule has 0 saturated carbocycles. The Balaban J connectivity index is 1.60. The number of halogens is 1. The molecule has 0 fully saturated rings. The Kier molecular flexibility index (Phi) is 9.06. The number of allylic oxidation sites excluding steroid dienone is 3. The summed E-state index contributed by atoms with van der Waals surface area (Å²) in [7, 11) is 8.08. The van der Waals surface area contributed by atoms with Gasteiger partial charge in [0.15, 0.2) is 0 Å². The summed E-state index contributed by atoms with van der Waals surface area (Å²) >= 11 is -3.56. The summed E-state index contributed by atoms with van der Waals surface area (Å²) < 4.78 is 11.6. The Bertz CT molecular complexity index is 1980. The quantitative estimate of drug-likeness (QED) is 0.230. The first-order valence-electron chi connectivity index (χ1n) is 17.9. The minimum atomic E-state index is -3.56. The fraction of sp³-hybridized carbons (Fsp3) is 0.513. The molecule has 246 valence electrons.